The van der Waals surface area contributed by atoms with Crippen molar-refractivity contribution in [3.8, 4) is 0 Å². The summed E-state index contributed by atoms with van der Waals surface area (Å²) in [6.45, 7) is 23.3. The SMILES string of the molecule is C=C(C)/C=C\N=C(C)C.C=C/C=C(\C=C/C)CNC(C)=O.CCC.Cc1ccc(F)cc1. The van der Waals surface area contributed by atoms with Crippen LogP contribution in [0.3, 0.4) is 0 Å². The zero-order valence-corrected chi connectivity index (χ0v) is 21.3. The van der Waals surface area contributed by atoms with Gasteiger partial charge in [-0.15, -0.1) is 0 Å². The molecule has 178 valence electrons. The number of aliphatic imine (C=N–C) groups is 1. The Balaban J connectivity index is -0.000000377. The van der Waals surface area contributed by atoms with Gasteiger partial charge in [-0.05, 0) is 58.4 Å². The van der Waals surface area contributed by atoms with Crippen LogP contribution >= 0.6 is 0 Å². The van der Waals surface area contributed by atoms with Crippen molar-refractivity contribution in [3.63, 3.8) is 0 Å². The summed E-state index contributed by atoms with van der Waals surface area (Å²) in [7, 11) is 0. The number of carbonyl (C=O) groups is 1. The number of carbonyl (C=O) groups excluding carboxylic acids is 1. The molecule has 1 amide bonds. The van der Waals surface area contributed by atoms with E-state index in [9.17, 15) is 9.18 Å². The predicted octanol–water partition coefficient (Wildman–Crippen LogP) is 7.92. The van der Waals surface area contributed by atoms with E-state index in [0.29, 0.717) is 6.54 Å². The summed E-state index contributed by atoms with van der Waals surface area (Å²) >= 11 is 0. The van der Waals surface area contributed by atoms with Crippen LogP contribution in [0.1, 0.15) is 60.5 Å². The highest BCUT2D eigenvalue weighted by Crippen LogP contribution is 1.99. The molecular weight excluding hydrogens is 399 g/mol. The molecule has 0 aliphatic rings. The van der Waals surface area contributed by atoms with Gasteiger partial charge < -0.3 is 5.32 Å². The van der Waals surface area contributed by atoms with E-state index in [0.717, 1.165) is 22.4 Å². The van der Waals surface area contributed by atoms with E-state index in [1.807, 2.05) is 58.9 Å². The fraction of sp³-hybridized carbons (Fsp3) is 0.357. The van der Waals surface area contributed by atoms with Crippen molar-refractivity contribution in [1.82, 2.24) is 5.32 Å². The van der Waals surface area contributed by atoms with Crippen LogP contribution in [0.25, 0.3) is 0 Å². The van der Waals surface area contributed by atoms with E-state index in [1.54, 1.807) is 24.4 Å². The van der Waals surface area contributed by atoms with Crippen molar-refractivity contribution in [2.24, 2.45) is 4.99 Å². The second-order valence-electron chi connectivity index (χ2n) is 7.13. The van der Waals surface area contributed by atoms with Gasteiger partial charge in [-0.3, -0.25) is 9.79 Å². The Kier molecular flexibility index (Phi) is 25.5. The number of rotatable bonds is 6. The normalized spacial score (nSPS) is 9.97. The summed E-state index contributed by atoms with van der Waals surface area (Å²) in [6.07, 6.45) is 12.3. The number of hydrogen-bond acceptors (Lipinski definition) is 2. The Bertz CT molecular complexity index is 729. The molecule has 0 atom stereocenters. The highest BCUT2D eigenvalue weighted by molar-refractivity contribution is 5.79. The molecule has 1 rings (SSSR count). The number of nitrogens with zero attached hydrogens (tertiary/aromatic N) is 1. The smallest absolute Gasteiger partial charge is 0.217 e. The lowest BCUT2D eigenvalue weighted by atomic mass is 10.2. The molecule has 0 aliphatic heterocycles. The monoisotopic (exact) mass is 442 g/mol. The first-order valence-corrected chi connectivity index (χ1v) is 10.8. The first-order chi connectivity index (χ1) is 15.0. The summed E-state index contributed by atoms with van der Waals surface area (Å²) < 4.78 is 12.1. The van der Waals surface area contributed by atoms with Crippen molar-refractivity contribution in [3.05, 3.63) is 96.5 Å². The van der Waals surface area contributed by atoms with Crippen molar-refractivity contribution >= 4 is 11.6 Å². The molecule has 0 spiro atoms. The largest absolute Gasteiger partial charge is 0.352 e. The van der Waals surface area contributed by atoms with Crippen LogP contribution in [0, 0.1) is 12.7 Å². The Hall–Kier alpha value is -3.01. The lowest BCUT2D eigenvalue weighted by molar-refractivity contribution is -0.118. The number of benzene rings is 1. The molecule has 32 heavy (non-hydrogen) atoms. The fourth-order valence-electron chi connectivity index (χ4n) is 1.61. The minimum Gasteiger partial charge on any atom is -0.352 e. The molecule has 3 nitrogen and oxygen atoms in total. The van der Waals surface area contributed by atoms with Gasteiger partial charge in [0.25, 0.3) is 0 Å². The van der Waals surface area contributed by atoms with E-state index >= 15 is 0 Å². The second kappa shape index (κ2) is 24.3. The third-order valence-corrected chi connectivity index (χ3v) is 2.96. The third-order valence-electron chi connectivity index (χ3n) is 2.96. The molecule has 0 saturated heterocycles. The average Bonchev–Trinajstić information content (AvgIpc) is 2.70. The molecule has 0 saturated carbocycles. The van der Waals surface area contributed by atoms with E-state index in [1.165, 1.54) is 25.5 Å². The molecule has 1 aromatic rings. The van der Waals surface area contributed by atoms with Gasteiger partial charge in [-0.1, -0.05) is 81.0 Å². The van der Waals surface area contributed by atoms with Crippen LogP contribution in [0.5, 0.6) is 0 Å². The number of aryl methyl sites for hydroxylation is 1. The summed E-state index contributed by atoms with van der Waals surface area (Å²) in [4.78, 5) is 14.6. The lowest BCUT2D eigenvalue weighted by Gasteiger charge is -2.01. The molecule has 0 aliphatic carbocycles. The number of halogens is 1. The number of nitrogens with one attached hydrogen (secondary N) is 1. The van der Waals surface area contributed by atoms with Crippen LogP contribution in [0.4, 0.5) is 4.39 Å². The second-order valence-corrected chi connectivity index (χ2v) is 7.13. The zero-order chi connectivity index (χ0) is 25.4. The Labute approximate surface area is 196 Å². The minimum atomic E-state index is -0.171. The standard InChI is InChI=1S/C10H15NO.C8H13N.C7H7F.C3H8/c1-4-6-10(7-5-2)8-11-9(3)12;1-7(2)5-6-9-8(3)4;1-6-2-4-7(8)5-3-6;1-3-2/h4-7H,1,8H2,2-3H3,(H,11,12);5-6H,1H2,2-4H3;2-5H,1H3;3H2,1-2H3/b7-5-,10-6+;6-5-;;. The molecule has 4 heteroatoms. The summed E-state index contributed by atoms with van der Waals surface area (Å²) in [5, 5.41) is 2.71. The quantitative estimate of drug-likeness (QED) is 0.353. The van der Waals surface area contributed by atoms with Gasteiger partial charge in [0.05, 0.1) is 0 Å². The van der Waals surface area contributed by atoms with Crippen LogP contribution < -0.4 is 5.32 Å². The molecule has 0 bridgehead atoms. The average molecular weight is 443 g/mol. The molecule has 1 aromatic carbocycles. The molecule has 1 N–H and O–H groups in total. The lowest BCUT2D eigenvalue weighted by Crippen LogP contribution is -2.21. The van der Waals surface area contributed by atoms with Crippen molar-refractivity contribution < 1.29 is 9.18 Å². The van der Waals surface area contributed by atoms with Crippen LogP contribution in [0.2, 0.25) is 0 Å². The highest BCUT2D eigenvalue weighted by Gasteiger charge is 1.92. The number of hydrogen-bond donors (Lipinski definition) is 1. The van der Waals surface area contributed by atoms with Crippen molar-refractivity contribution in [1.29, 1.82) is 0 Å². The van der Waals surface area contributed by atoms with Crippen LogP contribution in [-0.4, -0.2) is 18.2 Å². The zero-order valence-electron chi connectivity index (χ0n) is 21.3. The van der Waals surface area contributed by atoms with Gasteiger partial charge in [-0.2, -0.15) is 0 Å². The Morgan fingerprint density at radius 2 is 1.62 bits per heavy atom. The maximum absolute atomic E-state index is 12.1. The highest BCUT2D eigenvalue weighted by atomic mass is 19.1. The van der Waals surface area contributed by atoms with Crippen LogP contribution in [0.15, 0.2) is 90.1 Å². The predicted molar refractivity (Wildman–Crippen MR) is 142 cm³/mol. The number of allylic oxidation sites excluding steroid dienone is 5. The van der Waals surface area contributed by atoms with Gasteiger partial charge in [0.15, 0.2) is 0 Å². The maximum atomic E-state index is 12.1. The summed E-state index contributed by atoms with van der Waals surface area (Å²) in [6, 6.07) is 6.40. The van der Waals surface area contributed by atoms with E-state index in [2.05, 4.69) is 37.3 Å². The molecule has 0 aromatic heterocycles. The third kappa shape index (κ3) is 31.7. The Morgan fingerprint density at radius 1 is 1.09 bits per heavy atom. The molecular formula is C28H43FN2O. The summed E-state index contributed by atoms with van der Waals surface area (Å²) in [5.74, 6) is -0.190. The maximum Gasteiger partial charge on any atom is 0.217 e. The Morgan fingerprint density at radius 3 is 1.97 bits per heavy atom. The molecule has 0 heterocycles. The van der Waals surface area contributed by atoms with Gasteiger partial charge in [0.1, 0.15) is 5.82 Å². The van der Waals surface area contributed by atoms with Gasteiger partial charge in [-0.25, -0.2) is 4.39 Å². The van der Waals surface area contributed by atoms with Gasteiger partial charge >= 0.3 is 0 Å². The first kappa shape index (κ1) is 33.6. The first-order valence-electron chi connectivity index (χ1n) is 10.8. The molecule has 0 radical (unpaired) electrons. The van der Waals surface area contributed by atoms with Gasteiger partial charge in [0.2, 0.25) is 5.91 Å². The van der Waals surface area contributed by atoms with E-state index in [4.69, 9.17) is 0 Å². The molecule has 0 fully saturated rings. The van der Waals surface area contributed by atoms with Crippen molar-refractivity contribution in [2.45, 2.75) is 61.8 Å². The fourth-order valence-corrected chi connectivity index (χ4v) is 1.61. The van der Waals surface area contributed by atoms with E-state index in [-0.39, 0.29) is 11.7 Å². The van der Waals surface area contributed by atoms with Crippen LogP contribution in [-0.2, 0) is 4.79 Å². The summed E-state index contributed by atoms with van der Waals surface area (Å²) in [5.41, 5.74) is 4.22. The number of amides is 1. The molecule has 0 unspecified atom stereocenters. The topological polar surface area (TPSA) is 41.5 Å². The minimum absolute atomic E-state index is 0.0190. The van der Waals surface area contributed by atoms with Crippen molar-refractivity contribution in [2.75, 3.05) is 6.54 Å². The van der Waals surface area contributed by atoms with Gasteiger partial charge in [0, 0.05) is 25.4 Å². The van der Waals surface area contributed by atoms with E-state index < -0.39 is 0 Å².